The molecule has 158 valence electrons. The summed E-state index contributed by atoms with van der Waals surface area (Å²) in [5.41, 5.74) is 1.75. The van der Waals surface area contributed by atoms with Crippen LogP contribution in [0.25, 0.3) is 6.08 Å². The molecule has 0 bridgehead atoms. The predicted octanol–water partition coefficient (Wildman–Crippen LogP) is 4.01. The van der Waals surface area contributed by atoms with E-state index in [1.807, 2.05) is 60.7 Å². The van der Waals surface area contributed by atoms with E-state index in [9.17, 15) is 9.59 Å². The SMILES string of the molecule is CCN(CC)CCCNC(=O)CN1C(=O)C(=Cc2ccccc2)Sc2ccccc21. The lowest BCUT2D eigenvalue weighted by Crippen LogP contribution is -2.43. The molecular formula is C24H29N3O2S. The molecule has 30 heavy (non-hydrogen) atoms. The monoisotopic (exact) mass is 423 g/mol. The van der Waals surface area contributed by atoms with Gasteiger partial charge in [0.2, 0.25) is 5.91 Å². The summed E-state index contributed by atoms with van der Waals surface area (Å²) in [7, 11) is 0. The third-order valence-corrected chi connectivity index (χ3v) is 6.18. The number of nitrogens with zero attached hydrogens (tertiary/aromatic N) is 2. The number of amides is 2. The van der Waals surface area contributed by atoms with Crippen LogP contribution in [-0.4, -0.2) is 49.4 Å². The van der Waals surface area contributed by atoms with E-state index in [4.69, 9.17) is 0 Å². The fourth-order valence-electron chi connectivity index (χ4n) is 3.39. The van der Waals surface area contributed by atoms with Crippen molar-refractivity contribution >= 4 is 35.3 Å². The maximum atomic E-state index is 13.2. The lowest BCUT2D eigenvalue weighted by atomic mass is 10.2. The zero-order chi connectivity index (χ0) is 21.3. The van der Waals surface area contributed by atoms with Gasteiger partial charge in [0.15, 0.2) is 0 Å². The van der Waals surface area contributed by atoms with Crippen LogP contribution in [0.2, 0.25) is 0 Å². The molecule has 2 aromatic carbocycles. The van der Waals surface area contributed by atoms with E-state index in [-0.39, 0.29) is 18.4 Å². The first-order valence-corrected chi connectivity index (χ1v) is 11.3. The Labute approximate surface area is 183 Å². The van der Waals surface area contributed by atoms with E-state index < -0.39 is 0 Å². The summed E-state index contributed by atoms with van der Waals surface area (Å²) in [6.07, 6.45) is 2.78. The Bertz CT molecular complexity index is 894. The van der Waals surface area contributed by atoms with Gasteiger partial charge in [0.1, 0.15) is 6.54 Å². The van der Waals surface area contributed by atoms with Gasteiger partial charge in [-0.1, -0.05) is 68.1 Å². The number of nitrogens with one attached hydrogen (secondary N) is 1. The summed E-state index contributed by atoms with van der Waals surface area (Å²) >= 11 is 1.45. The lowest BCUT2D eigenvalue weighted by molar-refractivity contribution is -0.122. The molecule has 1 heterocycles. The topological polar surface area (TPSA) is 52.7 Å². The zero-order valence-electron chi connectivity index (χ0n) is 17.6. The van der Waals surface area contributed by atoms with Crippen molar-refractivity contribution in [3.63, 3.8) is 0 Å². The van der Waals surface area contributed by atoms with Crippen LogP contribution in [-0.2, 0) is 9.59 Å². The smallest absolute Gasteiger partial charge is 0.265 e. The highest BCUT2D eigenvalue weighted by Gasteiger charge is 2.30. The number of thioether (sulfide) groups is 1. The molecule has 1 aliphatic rings. The van der Waals surface area contributed by atoms with Gasteiger partial charge >= 0.3 is 0 Å². The largest absolute Gasteiger partial charge is 0.355 e. The molecular weight excluding hydrogens is 394 g/mol. The van der Waals surface area contributed by atoms with Gasteiger partial charge < -0.3 is 10.2 Å². The summed E-state index contributed by atoms with van der Waals surface area (Å²) in [6.45, 7) is 7.89. The van der Waals surface area contributed by atoms with Crippen LogP contribution in [0.3, 0.4) is 0 Å². The van der Waals surface area contributed by atoms with E-state index in [2.05, 4.69) is 24.1 Å². The molecule has 0 saturated heterocycles. The van der Waals surface area contributed by atoms with Crippen LogP contribution in [0.15, 0.2) is 64.4 Å². The second-order valence-corrected chi connectivity index (χ2v) is 8.19. The van der Waals surface area contributed by atoms with Gasteiger partial charge in [-0.3, -0.25) is 14.5 Å². The molecule has 6 heteroatoms. The van der Waals surface area contributed by atoms with E-state index in [1.165, 1.54) is 11.8 Å². The number of fused-ring (bicyclic) bond motifs is 1. The summed E-state index contributed by atoms with van der Waals surface area (Å²) in [4.78, 5) is 31.3. The molecule has 1 N–H and O–H groups in total. The molecule has 0 spiro atoms. The first kappa shape index (κ1) is 22.1. The molecule has 0 radical (unpaired) electrons. The molecule has 2 amide bonds. The van der Waals surface area contributed by atoms with E-state index >= 15 is 0 Å². The van der Waals surface area contributed by atoms with Crippen molar-refractivity contribution in [2.45, 2.75) is 25.2 Å². The normalized spacial score (nSPS) is 14.8. The van der Waals surface area contributed by atoms with Gasteiger partial charge in [-0.2, -0.15) is 0 Å². The number of anilines is 1. The fourth-order valence-corrected chi connectivity index (χ4v) is 4.45. The minimum atomic E-state index is -0.138. The van der Waals surface area contributed by atoms with Crippen molar-refractivity contribution in [2.24, 2.45) is 0 Å². The fraction of sp³-hybridized carbons (Fsp3) is 0.333. The Morgan fingerprint density at radius 3 is 2.50 bits per heavy atom. The summed E-state index contributed by atoms with van der Waals surface area (Å²) in [6, 6.07) is 17.5. The second-order valence-electron chi connectivity index (χ2n) is 7.11. The van der Waals surface area contributed by atoms with Crippen molar-refractivity contribution in [3.05, 3.63) is 65.1 Å². The molecule has 0 aromatic heterocycles. The minimum Gasteiger partial charge on any atom is -0.355 e. The molecule has 2 aromatic rings. The van der Waals surface area contributed by atoms with Crippen molar-refractivity contribution in [2.75, 3.05) is 37.6 Å². The number of hydrogen-bond acceptors (Lipinski definition) is 4. The highest BCUT2D eigenvalue weighted by atomic mass is 32.2. The molecule has 1 aliphatic heterocycles. The number of rotatable bonds is 9. The Morgan fingerprint density at radius 1 is 1.07 bits per heavy atom. The van der Waals surface area contributed by atoms with Crippen LogP contribution < -0.4 is 10.2 Å². The van der Waals surface area contributed by atoms with Crippen molar-refractivity contribution in [3.8, 4) is 0 Å². The number of para-hydroxylation sites is 1. The summed E-state index contributed by atoms with van der Waals surface area (Å²) in [5.74, 6) is -0.274. The maximum Gasteiger partial charge on any atom is 0.265 e. The number of hydrogen-bond donors (Lipinski definition) is 1. The van der Waals surface area contributed by atoms with E-state index in [1.54, 1.807) is 4.90 Å². The average molecular weight is 424 g/mol. The predicted molar refractivity (Wildman–Crippen MR) is 124 cm³/mol. The summed E-state index contributed by atoms with van der Waals surface area (Å²) < 4.78 is 0. The Balaban J connectivity index is 1.69. The highest BCUT2D eigenvalue weighted by Crippen LogP contribution is 2.41. The van der Waals surface area contributed by atoms with Gasteiger partial charge in [0.25, 0.3) is 5.91 Å². The minimum absolute atomic E-state index is 0.0216. The molecule has 0 saturated carbocycles. The van der Waals surface area contributed by atoms with E-state index in [0.29, 0.717) is 11.4 Å². The summed E-state index contributed by atoms with van der Waals surface area (Å²) in [5, 5.41) is 2.96. The van der Waals surface area contributed by atoms with Gasteiger partial charge in [-0.25, -0.2) is 0 Å². The lowest BCUT2D eigenvalue weighted by Gasteiger charge is -2.29. The van der Waals surface area contributed by atoms with Gasteiger partial charge in [-0.05, 0) is 49.8 Å². The molecule has 0 unspecified atom stereocenters. The third-order valence-electron chi connectivity index (χ3n) is 5.10. The molecule has 5 nitrogen and oxygen atoms in total. The van der Waals surface area contributed by atoms with Gasteiger partial charge in [0, 0.05) is 11.4 Å². The Morgan fingerprint density at radius 2 is 1.77 bits per heavy atom. The zero-order valence-corrected chi connectivity index (χ0v) is 18.5. The van der Waals surface area contributed by atoms with Crippen molar-refractivity contribution < 1.29 is 9.59 Å². The molecule has 0 fully saturated rings. The molecule has 0 atom stereocenters. The maximum absolute atomic E-state index is 13.2. The van der Waals surface area contributed by atoms with Crippen LogP contribution in [0.5, 0.6) is 0 Å². The number of carbonyl (C=O) groups is 2. The van der Waals surface area contributed by atoms with E-state index in [0.717, 1.165) is 42.2 Å². The first-order valence-electron chi connectivity index (χ1n) is 10.5. The Hall–Kier alpha value is -2.57. The molecule has 0 aliphatic carbocycles. The van der Waals surface area contributed by atoms with Crippen LogP contribution >= 0.6 is 11.8 Å². The van der Waals surface area contributed by atoms with Crippen LogP contribution in [0.4, 0.5) is 5.69 Å². The average Bonchev–Trinajstić information content (AvgIpc) is 2.77. The third kappa shape index (κ3) is 5.74. The van der Waals surface area contributed by atoms with Gasteiger partial charge in [0.05, 0.1) is 10.6 Å². The van der Waals surface area contributed by atoms with Crippen LogP contribution in [0, 0.1) is 0 Å². The Kier molecular flexibility index (Phi) is 8.11. The molecule has 3 rings (SSSR count). The van der Waals surface area contributed by atoms with Crippen molar-refractivity contribution in [1.82, 2.24) is 10.2 Å². The highest BCUT2D eigenvalue weighted by molar-refractivity contribution is 8.04. The number of benzene rings is 2. The quantitative estimate of drug-likeness (QED) is 0.489. The van der Waals surface area contributed by atoms with Crippen LogP contribution in [0.1, 0.15) is 25.8 Å². The van der Waals surface area contributed by atoms with Crippen molar-refractivity contribution in [1.29, 1.82) is 0 Å². The second kappa shape index (κ2) is 11.0. The first-order chi connectivity index (χ1) is 14.6. The standard InChI is InChI=1S/C24H29N3O2S/c1-3-26(4-2)16-10-15-25-23(28)18-27-20-13-8-9-14-21(20)30-22(24(27)29)17-19-11-6-5-7-12-19/h5-9,11-14,17H,3-4,10,15-16,18H2,1-2H3,(H,25,28). The van der Waals surface area contributed by atoms with Gasteiger partial charge in [-0.15, -0.1) is 0 Å². The number of carbonyl (C=O) groups excluding carboxylic acids is 2.